The number of rotatable bonds is 6. The normalized spacial score (nSPS) is 15.2. The molecule has 0 aliphatic carbocycles. The number of Topliss-reactive ketones (excluding diaryl/α,β-unsaturated/α-hetero) is 1. The maximum atomic E-state index is 13.3. The molecule has 0 unspecified atom stereocenters. The molecule has 1 aliphatic heterocycles. The maximum absolute atomic E-state index is 13.3. The van der Waals surface area contributed by atoms with Gasteiger partial charge in [-0.2, -0.15) is 5.10 Å². The van der Waals surface area contributed by atoms with Crippen LogP contribution in [0.4, 0.5) is 5.82 Å². The predicted octanol–water partition coefficient (Wildman–Crippen LogP) is 3.19. The quantitative estimate of drug-likeness (QED) is 0.279. The van der Waals surface area contributed by atoms with Crippen LogP contribution in [-0.2, 0) is 16.1 Å². The zero-order valence-electron chi connectivity index (χ0n) is 20.2. The summed E-state index contributed by atoms with van der Waals surface area (Å²) in [4.78, 5) is 57.3. The van der Waals surface area contributed by atoms with Gasteiger partial charge in [-0.25, -0.2) is 15.0 Å². The van der Waals surface area contributed by atoms with E-state index in [9.17, 15) is 14.4 Å². The Bertz CT molecular complexity index is 1520. The minimum Gasteiger partial charge on any atom is -0.329 e. The second-order valence-electron chi connectivity index (χ2n) is 8.75. The highest BCUT2D eigenvalue weighted by molar-refractivity contribution is 9.10. The van der Waals surface area contributed by atoms with E-state index in [0.717, 1.165) is 0 Å². The van der Waals surface area contributed by atoms with Gasteiger partial charge in [-0.3, -0.25) is 24.0 Å². The molecule has 4 aromatic heterocycles. The third-order valence-electron chi connectivity index (χ3n) is 6.17. The van der Waals surface area contributed by atoms with Crippen molar-refractivity contribution in [3.8, 4) is 11.3 Å². The largest absolute Gasteiger partial charge is 0.329 e. The van der Waals surface area contributed by atoms with Crippen molar-refractivity contribution in [3.63, 3.8) is 0 Å². The molecule has 0 radical (unpaired) electrons. The first-order chi connectivity index (χ1) is 17.8. The zero-order chi connectivity index (χ0) is 26.1. The van der Waals surface area contributed by atoms with E-state index in [-0.39, 0.29) is 29.8 Å². The van der Waals surface area contributed by atoms with E-state index in [1.165, 1.54) is 11.6 Å². The van der Waals surface area contributed by atoms with Crippen LogP contribution in [0.15, 0.2) is 47.5 Å². The molecule has 0 spiro atoms. The van der Waals surface area contributed by atoms with Gasteiger partial charge in [-0.05, 0) is 53.9 Å². The first-order valence-corrected chi connectivity index (χ1v) is 12.5. The topological polar surface area (TPSA) is 136 Å². The molecule has 188 valence electrons. The van der Waals surface area contributed by atoms with Crippen LogP contribution in [-0.4, -0.2) is 64.8 Å². The second-order valence-corrected chi connectivity index (χ2v) is 9.56. The lowest BCUT2D eigenvalue weighted by atomic mass is 10.1. The molecule has 1 saturated heterocycles. The summed E-state index contributed by atoms with van der Waals surface area (Å²) in [6.07, 6.45) is 6.18. The van der Waals surface area contributed by atoms with Crippen molar-refractivity contribution in [2.75, 3.05) is 11.9 Å². The van der Waals surface area contributed by atoms with Crippen LogP contribution in [0.25, 0.3) is 22.2 Å². The van der Waals surface area contributed by atoms with Crippen LogP contribution >= 0.6 is 15.9 Å². The number of nitrogens with zero attached hydrogens (tertiary/aromatic N) is 7. The minimum absolute atomic E-state index is 0.128. The number of nitrogens with one attached hydrogen (secondary N) is 1. The molecule has 5 rings (SSSR count). The van der Waals surface area contributed by atoms with Crippen molar-refractivity contribution >= 4 is 50.2 Å². The Hall–Kier alpha value is -4.06. The first kappa shape index (κ1) is 24.6. The van der Waals surface area contributed by atoms with Gasteiger partial charge >= 0.3 is 0 Å². The summed E-state index contributed by atoms with van der Waals surface area (Å²) in [7, 11) is 0. The van der Waals surface area contributed by atoms with Crippen molar-refractivity contribution < 1.29 is 14.4 Å². The molecule has 1 fully saturated rings. The number of carbonyl (C=O) groups is 3. The minimum atomic E-state index is -0.617. The number of aromatic nitrogens is 6. The molecule has 0 saturated carbocycles. The number of halogens is 1. The van der Waals surface area contributed by atoms with Gasteiger partial charge < -0.3 is 10.2 Å². The van der Waals surface area contributed by atoms with Gasteiger partial charge in [0.2, 0.25) is 11.8 Å². The first-order valence-electron chi connectivity index (χ1n) is 11.7. The summed E-state index contributed by atoms with van der Waals surface area (Å²) in [6.45, 7) is 3.55. The van der Waals surface area contributed by atoms with Crippen LogP contribution in [0.2, 0.25) is 0 Å². The number of carbonyl (C=O) groups excluding carboxylic acids is 3. The molecule has 11 nitrogen and oxygen atoms in total. The van der Waals surface area contributed by atoms with Crippen LogP contribution in [0.3, 0.4) is 0 Å². The highest BCUT2D eigenvalue weighted by Gasteiger charge is 2.34. The fourth-order valence-electron chi connectivity index (χ4n) is 4.38. The number of pyridine rings is 2. The van der Waals surface area contributed by atoms with Crippen molar-refractivity contribution in [1.29, 1.82) is 0 Å². The van der Waals surface area contributed by atoms with Crippen LogP contribution < -0.4 is 5.32 Å². The predicted molar refractivity (Wildman–Crippen MR) is 139 cm³/mol. The molecule has 12 heteroatoms. The number of hydrogen-bond acceptors (Lipinski definition) is 8. The SMILES string of the molecule is CC(=O)c1nn(CC(=O)N2CCC[C@H]2C(=O)Nc2cccc(Br)n2)c2cnc(-c3cnc(C)nc3)cc12. The fourth-order valence-corrected chi connectivity index (χ4v) is 4.72. The van der Waals surface area contributed by atoms with E-state index in [2.05, 4.69) is 46.3 Å². The van der Waals surface area contributed by atoms with Crippen molar-refractivity contribution in [1.82, 2.24) is 34.6 Å². The van der Waals surface area contributed by atoms with Gasteiger partial charge in [0.05, 0.1) is 17.4 Å². The van der Waals surface area contributed by atoms with Crippen molar-refractivity contribution in [2.24, 2.45) is 0 Å². The van der Waals surface area contributed by atoms with E-state index in [1.54, 1.807) is 54.7 Å². The number of anilines is 1. The van der Waals surface area contributed by atoms with Crippen LogP contribution in [0.1, 0.15) is 36.1 Å². The highest BCUT2D eigenvalue weighted by atomic mass is 79.9. The molecule has 5 heterocycles. The van der Waals surface area contributed by atoms with Crippen molar-refractivity contribution in [3.05, 3.63) is 59.0 Å². The Labute approximate surface area is 220 Å². The third kappa shape index (κ3) is 5.10. The van der Waals surface area contributed by atoms with E-state index >= 15 is 0 Å². The molecule has 1 aliphatic rings. The van der Waals surface area contributed by atoms with Gasteiger partial charge in [0.1, 0.15) is 34.5 Å². The van der Waals surface area contributed by atoms with Gasteiger partial charge in [-0.1, -0.05) is 6.07 Å². The lowest BCUT2D eigenvalue weighted by Crippen LogP contribution is -2.44. The number of ketones is 1. The molecule has 0 bridgehead atoms. The average molecular weight is 563 g/mol. The number of likely N-dealkylation sites (tertiary alicyclic amines) is 1. The summed E-state index contributed by atoms with van der Waals surface area (Å²) < 4.78 is 2.07. The molecule has 4 aromatic rings. The number of amides is 2. The van der Waals surface area contributed by atoms with Gasteiger partial charge in [0.15, 0.2) is 5.78 Å². The lowest BCUT2D eigenvalue weighted by Gasteiger charge is -2.24. The van der Waals surface area contributed by atoms with Crippen LogP contribution in [0, 0.1) is 6.92 Å². The van der Waals surface area contributed by atoms with Crippen LogP contribution in [0.5, 0.6) is 0 Å². The Morgan fingerprint density at radius 1 is 1.14 bits per heavy atom. The Kier molecular flexibility index (Phi) is 6.74. The third-order valence-corrected chi connectivity index (χ3v) is 6.62. The zero-order valence-corrected chi connectivity index (χ0v) is 21.8. The van der Waals surface area contributed by atoms with Crippen molar-refractivity contribution in [2.45, 2.75) is 39.3 Å². The van der Waals surface area contributed by atoms with E-state index < -0.39 is 6.04 Å². The van der Waals surface area contributed by atoms with Gasteiger partial charge in [-0.15, -0.1) is 0 Å². The fraction of sp³-hybridized carbons (Fsp3) is 0.280. The van der Waals surface area contributed by atoms with E-state index in [1.807, 2.05) is 0 Å². The smallest absolute Gasteiger partial charge is 0.248 e. The Morgan fingerprint density at radius 3 is 2.65 bits per heavy atom. The average Bonchev–Trinajstić information content (AvgIpc) is 3.50. The number of aryl methyl sites for hydroxylation is 1. The summed E-state index contributed by atoms with van der Waals surface area (Å²) in [6, 6.07) is 6.36. The molecule has 1 atom stereocenters. The standard InChI is InChI=1S/C25H23BrN8O3/c1-14(35)24-17-9-18(16-10-27-15(2)28-11-16)29-12-20(17)34(32-24)13-23(36)33-8-4-5-19(33)25(37)31-22-7-3-6-21(26)30-22/h3,6-7,9-12,19H,4-5,8,13H2,1-2H3,(H,30,31,37)/t19-/m0/s1. The monoisotopic (exact) mass is 562 g/mol. The maximum Gasteiger partial charge on any atom is 0.248 e. The highest BCUT2D eigenvalue weighted by Crippen LogP contribution is 2.26. The Morgan fingerprint density at radius 2 is 1.92 bits per heavy atom. The lowest BCUT2D eigenvalue weighted by molar-refractivity contribution is -0.137. The van der Waals surface area contributed by atoms with E-state index in [0.29, 0.717) is 57.8 Å². The molecular formula is C25H23BrN8O3. The number of hydrogen-bond donors (Lipinski definition) is 1. The summed E-state index contributed by atoms with van der Waals surface area (Å²) >= 11 is 3.29. The molecular weight excluding hydrogens is 540 g/mol. The molecule has 1 N–H and O–H groups in total. The molecule has 0 aromatic carbocycles. The van der Waals surface area contributed by atoms with E-state index in [4.69, 9.17) is 0 Å². The summed E-state index contributed by atoms with van der Waals surface area (Å²) in [5.74, 6) is 0.257. The Balaban J connectivity index is 1.39. The molecule has 37 heavy (non-hydrogen) atoms. The van der Waals surface area contributed by atoms with Gasteiger partial charge in [0, 0.05) is 36.8 Å². The number of fused-ring (bicyclic) bond motifs is 1. The second kappa shape index (κ2) is 10.1. The summed E-state index contributed by atoms with van der Waals surface area (Å²) in [5, 5.41) is 7.80. The molecule has 2 amide bonds. The van der Waals surface area contributed by atoms with Gasteiger partial charge in [0.25, 0.3) is 0 Å². The summed E-state index contributed by atoms with van der Waals surface area (Å²) in [5.41, 5.74) is 2.10.